The lowest BCUT2D eigenvalue weighted by molar-refractivity contribution is -0.114. The third kappa shape index (κ3) is 14.0. The van der Waals surface area contributed by atoms with Gasteiger partial charge in [0, 0.05) is 26.1 Å². The van der Waals surface area contributed by atoms with E-state index >= 15 is 0 Å². The molecule has 0 spiro atoms. The first-order valence-corrected chi connectivity index (χ1v) is 20.5. The van der Waals surface area contributed by atoms with Crippen LogP contribution in [0.2, 0.25) is 0 Å². The molecule has 0 aliphatic heterocycles. The molecule has 0 saturated heterocycles. The number of nitrogens with zero attached hydrogens (tertiary/aromatic N) is 5. The number of benzene rings is 2. The summed E-state index contributed by atoms with van der Waals surface area (Å²) < 4.78 is 11.4. The number of methoxy groups -OCH3 is 1. The SMILES string of the molecule is CCCCc1ccc(N=Nc2cc(C(=O)OCC)c(N=Nc3cc(OC)c(N(CC(CC)CCCC)CC(CC)CCCC)cc3NC(C)=O)s2)cc1. The maximum atomic E-state index is 13.0. The minimum atomic E-state index is -0.521. The second-order valence-electron chi connectivity index (χ2n) is 13.7. The van der Waals surface area contributed by atoms with Gasteiger partial charge in [-0.1, -0.05) is 103 Å². The number of esters is 1. The lowest BCUT2D eigenvalue weighted by Gasteiger charge is -2.34. The average molecular weight is 747 g/mol. The lowest BCUT2D eigenvalue weighted by atomic mass is 9.95. The number of ether oxygens (including phenoxy) is 2. The maximum absolute atomic E-state index is 13.0. The molecule has 2 atom stereocenters. The summed E-state index contributed by atoms with van der Waals surface area (Å²) >= 11 is 1.19. The predicted molar refractivity (Wildman–Crippen MR) is 220 cm³/mol. The van der Waals surface area contributed by atoms with Gasteiger partial charge < -0.3 is 19.7 Å². The van der Waals surface area contributed by atoms with Crippen LogP contribution in [0.4, 0.5) is 32.8 Å². The first kappa shape index (κ1) is 43.3. The van der Waals surface area contributed by atoms with Crippen molar-refractivity contribution in [2.24, 2.45) is 32.3 Å². The molecule has 3 rings (SSSR count). The van der Waals surface area contributed by atoms with Gasteiger partial charge in [-0.2, -0.15) is 0 Å². The van der Waals surface area contributed by atoms with E-state index in [0.29, 0.717) is 44.6 Å². The first-order valence-electron chi connectivity index (χ1n) is 19.7. The van der Waals surface area contributed by atoms with Crippen molar-refractivity contribution < 1.29 is 19.1 Å². The Kier molecular flexibility index (Phi) is 19.2. The summed E-state index contributed by atoms with van der Waals surface area (Å²) in [4.78, 5) is 28.0. The van der Waals surface area contributed by atoms with Gasteiger partial charge in [-0.15, -0.1) is 20.5 Å². The molecule has 1 aromatic heterocycles. The fourth-order valence-corrected chi connectivity index (χ4v) is 7.02. The topological polar surface area (TPSA) is 117 Å². The van der Waals surface area contributed by atoms with Crippen LogP contribution in [0.3, 0.4) is 0 Å². The molecule has 11 heteroatoms. The van der Waals surface area contributed by atoms with E-state index in [9.17, 15) is 9.59 Å². The van der Waals surface area contributed by atoms with E-state index in [0.717, 1.165) is 50.9 Å². The second-order valence-corrected chi connectivity index (χ2v) is 14.7. The quantitative estimate of drug-likeness (QED) is 0.0723. The Labute approximate surface area is 321 Å². The number of carbonyl (C=O) groups is 2. The van der Waals surface area contributed by atoms with E-state index in [2.05, 4.69) is 77.4 Å². The molecule has 0 radical (unpaired) electrons. The number of thiophene rings is 1. The van der Waals surface area contributed by atoms with Crippen molar-refractivity contribution in [2.75, 3.05) is 37.0 Å². The Hall–Kier alpha value is -4.12. The summed E-state index contributed by atoms with van der Waals surface area (Å²) in [5.74, 6) is 0.965. The number of azo groups is 2. The van der Waals surface area contributed by atoms with Crippen molar-refractivity contribution in [3.63, 3.8) is 0 Å². The van der Waals surface area contributed by atoms with Crippen LogP contribution >= 0.6 is 11.3 Å². The van der Waals surface area contributed by atoms with Crippen LogP contribution in [0.25, 0.3) is 0 Å². The number of nitrogens with one attached hydrogen (secondary N) is 1. The molecular formula is C42H62N6O4S. The molecular weight excluding hydrogens is 685 g/mol. The van der Waals surface area contributed by atoms with Gasteiger partial charge in [-0.25, -0.2) is 4.79 Å². The van der Waals surface area contributed by atoms with E-state index in [1.165, 1.54) is 62.3 Å². The zero-order valence-corrected chi connectivity index (χ0v) is 34.2. The summed E-state index contributed by atoms with van der Waals surface area (Å²) in [6.07, 6.45) is 12.5. The zero-order chi connectivity index (χ0) is 38.6. The van der Waals surface area contributed by atoms with E-state index in [4.69, 9.17) is 9.47 Å². The number of rotatable bonds is 24. The Morgan fingerprint density at radius 2 is 1.45 bits per heavy atom. The Morgan fingerprint density at radius 3 is 2.00 bits per heavy atom. The summed E-state index contributed by atoms with van der Waals surface area (Å²) in [5, 5.41) is 21.7. The van der Waals surface area contributed by atoms with Crippen molar-refractivity contribution in [2.45, 2.75) is 119 Å². The molecule has 0 aliphatic carbocycles. The number of carbonyl (C=O) groups excluding carboxylic acids is 2. The molecule has 1 amide bonds. The second kappa shape index (κ2) is 23.5. The number of anilines is 2. The first-order chi connectivity index (χ1) is 25.7. The Bertz CT molecular complexity index is 1600. The van der Waals surface area contributed by atoms with Crippen LogP contribution in [0, 0.1) is 11.8 Å². The number of hydrogen-bond donors (Lipinski definition) is 1. The highest BCUT2D eigenvalue weighted by molar-refractivity contribution is 7.19. The fourth-order valence-electron chi connectivity index (χ4n) is 6.23. The van der Waals surface area contributed by atoms with Crippen molar-refractivity contribution >= 4 is 56.0 Å². The van der Waals surface area contributed by atoms with Gasteiger partial charge in [0.15, 0.2) is 5.00 Å². The van der Waals surface area contributed by atoms with Crippen LogP contribution in [-0.4, -0.2) is 38.7 Å². The largest absolute Gasteiger partial charge is 0.494 e. The molecule has 290 valence electrons. The highest BCUT2D eigenvalue weighted by Gasteiger charge is 2.23. The smallest absolute Gasteiger partial charge is 0.341 e. The van der Waals surface area contributed by atoms with Crippen molar-refractivity contribution in [1.82, 2.24) is 0 Å². The molecule has 53 heavy (non-hydrogen) atoms. The van der Waals surface area contributed by atoms with Crippen LogP contribution in [-0.2, 0) is 16.0 Å². The van der Waals surface area contributed by atoms with Gasteiger partial charge in [0.05, 0.1) is 30.8 Å². The monoisotopic (exact) mass is 746 g/mol. The molecule has 1 heterocycles. The molecule has 1 N–H and O–H groups in total. The third-order valence-electron chi connectivity index (χ3n) is 9.46. The highest BCUT2D eigenvalue weighted by atomic mass is 32.1. The Balaban J connectivity index is 2.05. The molecule has 0 aliphatic rings. The van der Waals surface area contributed by atoms with Crippen molar-refractivity contribution in [3.05, 3.63) is 53.6 Å². The minimum Gasteiger partial charge on any atom is -0.494 e. The molecule has 10 nitrogen and oxygen atoms in total. The molecule has 3 aromatic rings. The molecule has 0 bridgehead atoms. The summed E-state index contributed by atoms with van der Waals surface area (Å²) in [7, 11) is 1.66. The fraction of sp³-hybridized carbons (Fsp3) is 0.571. The number of aryl methyl sites for hydroxylation is 1. The number of unbranched alkanes of at least 4 members (excludes halogenated alkanes) is 3. The standard InChI is InChI=1S/C42H62N6O4S/c1-9-15-18-31(12-4)28-48(29-32(13-5)19-16-10-2)38-26-36(43-30(7)49)37(27-39(38)51-8)45-47-41-35(42(50)52-14-6)25-40(53-41)46-44-34-23-21-33(22-24-34)20-17-11-3/h21-27,31-32H,9-20,28-29H2,1-8H3,(H,43,49). The molecule has 0 saturated carbocycles. The van der Waals surface area contributed by atoms with Gasteiger partial charge in [-0.05, 0) is 74.3 Å². The van der Waals surface area contributed by atoms with E-state index < -0.39 is 5.97 Å². The summed E-state index contributed by atoms with van der Waals surface area (Å²) in [6.45, 7) is 16.4. The summed E-state index contributed by atoms with van der Waals surface area (Å²) in [6, 6.07) is 13.4. The maximum Gasteiger partial charge on any atom is 0.341 e. The number of hydrogen-bond acceptors (Lipinski definition) is 10. The molecule has 2 aromatic carbocycles. The summed E-state index contributed by atoms with van der Waals surface area (Å²) in [5.41, 5.74) is 4.07. The van der Waals surface area contributed by atoms with Gasteiger partial charge in [0.1, 0.15) is 22.0 Å². The van der Waals surface area contributed by atoms with Crippen molar-refractivity contribution in [3.8, 4) is 5.75 Å². The average Bonchev–Trinajstić information content (AvgIpc) is 3.58. The minimum absolute atomic E-state index is 0.211. The highest BCUT2D eigenvalue weighted by Crippen LogP contribution is 2.43. The zero-order valence-electron chi connectivity index (χ0n) is 33.4. The van der Waals surface area contributed by atoms with Gasteiger partial charge >= 0.3 is 5.97 Å². The van der Waals surface area contributed by atoms with E-state index in [-0.39, 0.29) is 18.1 Å². The van der Waals surface area contributed by atoms with Crippen LogP contribution in [0.15, 0.2) is 62.9 Å². The molecule has 0 fully saturated rings. The van der Waals surface area contributed by atoms with E-state index in [1.54, 1.807) is 20.1 Å². The number of amides is 1. The Morgan fingerprint density at radius 1 is 0.811 bits per heavy atom. The van der Waals surface area contributed by atoms with Gasteiger partial charge in [-0.3, -0.25) is 4.79 Å². The van der Waals surface area contributed by atoms with Crippen molar-refractivity contribution in [1.29, 1.82) is 0 Å². The van der Waals surface area contributed by atoms with E-state index in [1.807, 2.05) is 24.3 Å². The van der Waals surface area contributed by atoms with Crippen LogP contribution < -0.4 is 15.0 Å². The van der Waals surface area contributed by atoms with Crippen LogP contribution in [0.1, 0.15) is 129 Å². The lowest BCUT2D eigenvalue weighted by Crippen LogP contribution is -2.34. The normalized spacial score (nSPS) is 12.7. The predicted octanol–water partition coefficient (Wildman–Crippen LogP) is 13.3. The van der Waals surface area contributed by atoms with Crippen LogP contribution in [0.5, 0.6) is 5.75 Å². The molecule has 2 unspecified atom stereocenters. The third-order valence-corrected chi connectivity index (χ3v) is 10.4. The van der Waals surface area contributed by atoms with Gasteiger partial charge in [0.25, 0.3) is 0 Å². The van der Waals surface area contributed by atoms with Gasteiger partial charge in [0.2, 0.25) is 5.91 Å².